The Balaban J connectivity index is 1.63. The van der Waals surface area contributed by atoms with Gasteiger partial charge in [-0.25, -0.2) is 0 Å². The largest absolute Gasteiger partial charge is 0.338 e. The summed E-state index contributed by atoms with van der Waals surface area (Å²) in [5.74, 6) is -0.0880. The number of carbonyl (C=O) groups is 3. The van der Waals surface area contributed by atoms with Crippen molar-refractivity contribution in [3.05, 3.63) is 65.2 Å². The fourth-order valence-electron chi connectivity index (χ4n) is 3.42. The summed E-state index contributed by atoms with van der Waals surface area (Å²) in [4.78, 5) is 39.6. The molecule has 0 saturated heterocycles. The van der Waals surface area contributed by atoms with Gasteiger partial charge in [0, 0.05) is 44.2 Å². The first-order chi connectivity index (χ1) is 13.0. The number of hydrogen-bond donors (Lipinski definition) is 0. The molecule has 0 atom stereocenters. The molecule has 1 aliphatic rings. The molecule has 0 spiro atoms. The molecule has 140 valence electrons. The molecule has 5 heteroatoms. The molecule has 0 aliphatic carbocycles. The van der Waals surface area contributed by atoms with Crippen LogP contribution in [0.25, 0.3) is 0 Å². The lowest BCUT2D eigenvalue weighted by Gasteiger charge is -2.30. The molecule has 0 radical (unpaired) electrons. The van der Waals surface area contributed by atoms with Crippen LogP contribution in [0.15, 0.2) is 48.5 Å². The summed E-state index contributed by atoms with van der Waals surface area (Å²) in [6.45, 7) is 4.66. The van der Waals surface area contributed by atoms with E-state index in [1.807, 2.05) is 17.0 Å². The number of Topliss-reactive ketones (excluding diaryl/α,β-unsaturated/α-hetero) is 1. The zero-order chi connectivity index (χ0) is 19.4. The van der Waals surface area contributed by atoms with Gasteiger partial charge in [-0.05, 0) is 48.7 Å². The maximum absolute atomic E-state index is 12.7. The molecule has 3 rings (SSSR count). The minimum atomic E-state index is -0.123. The number of benzene rings is 2. The molecule has 1 heterocycles. The second kappa shape index (κ2) is 8.16. The topological polar surface area (TPSA) is 57.7 Å². The van der Waals surface area contributed by atoms with Gasteiger partial charge in [-0.1, -0.05) is 24.3 Å². The number of fused-ring (bicyclic) bond motifs is 1. The van der Waals surface area contributed by atoms with Crippen molar-refractivity contribution in [2.75, 3.05) is 18.0 Å². The first-order valence-electron chi connectivity index (χ1n) is 9.19. The third-order valence-electron chi connectivity index (χ3n) is 5.00. The van der Waals surface area contributed by atoms with E-state index in [1.54, 1.807) is 29.2 Å². The average Bonchev–Trinajstić information content (AvgIpc) is 2.67. The van der Waals surface area contributed by atoms with Gasteiger partial charge >= 0.3 is 0 Å². The number of nitrogens with zero attached hydrogens (tertiary/aromatic N) is 2. The molecule has 2 aromatic carbocycles. The van der Waals surface area contributed by atoms with E-state index < -0.39 is 0 Å². The summed E-state index contributed by atoms with van der Waals surface area (Å²) in [6, 6.07) is 15.1. The Labute approximate surface area is 159 Å². The van der Waals surface area contributed by atoms with Gasteiger partial charge in [-0.2, -0.15) is 0 Å². The molecule has 27 heavy (non-hydrogen) atoms. The minimum absolute atomic E-state index is 0.0171. The standard InChI is InChI=1S/C22H24N2O3/c1-16(25)18-7-9-21(10-8-18)24(17(2)26)14-12-22(27)23-13-11-19-5-3-4-6-20(19)15-23/h3-10H,11-15H2,1-2H3. The summed E-state index contributed by atoms with van der Waals surface area (Å²) in [7, 11) is 0. The number of rotatable bonds is 5. The van der Waals surface area contributed by atoms with Crippen LogP contribution in [0, 0.1) is 0 Å². The Kier molecular flexibility index (Phi) is 5.69. The number of ketones is 1. The molecule has 2 aromatic rings. The van der Waals surface area contributed by atoms with Gasteiger partial charge in [0.05, 0.1) is 0 Å². The van der Waals surface area contributed by atoms with Crippen LogP contribution in [-0.2, 0) is 22.6 Å². The molecule has 0 unspecified atom stereocenters. The summed E-state index contributed by atoms with van der Waals surface area (Å²) in [6.07, 6.45) is 1.14. The summed E-state index contributed by atoms with van der Waals surface area (Å²) in [5, 5.41) is 0. The first-order valence-corrected chi connectivity index (χ1v) is 9.19. The van der Waals surface area contributed by atoms with Crippen LogP contribution >= 0.6 is 0 Å². The number of anilines is 1. The van der Waals surface area contributed by atoms with Crippen molar-refractivity contribution in [3.8, 4) is 0 Å². The van der Waals surface area contributed by atoms with Crippen LogP contribution in [0.4, 0.5) is 5.69 Å². The zero-order valence-corrected chi connectivity index (χ0v) is 15.8. The highest BCUT2D eigenvalue weighted by Gasteiger charge is 2.21. The van der Waals surface area contributed by atoms with Gasteiger partial charge in [0.15, 0.2) is 5.78 Å². The van der Waals surface area contributed by atoms with Crippen molar-refractivity contribution in [1.82, 2.24) is 4.90 Å². The lowest BCUT2D eigenvalue weighted by molar-refractivity contribution is -0.131. The van der Waals surface area contributed by atoms with Crippen molar-refractivity contribution in [1.29, 1.82) is 0 Å². The molecular weight excluding hydrogens is 340 g/mol. The molecule has 1 aliphatic heterocycles. The summed E-state index contributed by atoms with van der Waals surface area (Å²) >= 11 is 0. The van der Waals surface area contributed by atoms with Crippen LogP contribution < -0.4 is 4.90 Å². The Morgan fingerprint density at radius 2 is 1.63 bits per heavy atom. The molecule has 0 aromatic heterocycles. The molecule has 0 bridgehead atoms. The number of carbonyl (C=O) groups excluding carboxylic acids is 3. The van der Waals surface area contributed by atoms with Gasteiger partial charge in [-0.15, -0.1) is 0 Å². The lowest BCUT2D eigenvalue weighted by atomic mass is 10.00. The smallest absolute Gasteiger partial charge is 0.224 e. The van der Waals surface area contributed by atoms with Crippen molar-refractivity contribution in [2.24, 2.45) is 0 Å². The Bertz CT molecular complexity index is 858. The van der Waals surface area contributed by atoms with E-state index >= 15 is 0 Å². The highest BCUT2D eigenvalue weighted by molar-refractivity contribution is 5.96. The van der Waals surface area contributed by atoms with E-state index in [4.69, 9.17) is 0 Å². The van der Waals surface area contributed by atoms with Crippen molar-refractivity contribution in [3.63, 3.8) is 0 Å². The maximum atomic E-state index is 12.7. The van der Waals surface area contributed by atoms with E-state index in [0.29, 0.717) is 30.9 Å². The number of hydrogen-bond acceptors (Lipinski definition) is 3. The van der Waals surface area contributed by atoms with Crippen LogP contribution in [0.1, 0.15) is 41.8 Å². The molecule has 5 nitrogen and oxygen atoms in total. The van der Waals surface area contributed by atoms with E-state index in [-0.39, 0.29) is 24.0 Å². The maximum Gasteiger partial charge on any atom is 0.224 e. The SMILES string of the molecule is CC(=O)c1ccc(N(CCC(=O)N2CCc3ccccc3C2)C(C)=O)cc1. The van der Waals surface area contributed by atoms with Crippen LogP contribution in [-0.4, -0.2) is 35.6 Å². The Morgan fingerprint density at radius 1 is 0.963 bits per heavy atom. The summed E-state index contributed by atoms with van der Waals surface area (Å²) < 4.78 is 0. The van der Waals surface area contributed by atoms with Crippen molar-refractivity contribution in [2.45, 2.75) is 33.2 Å². The molecule has 0 fully saturated rings. The van der Waals surface area contributed by atoms with Gasteiger partial charge < -0.3 is 9.80 Å². The quantitative estimate of drug-likeness (QED) is 0.766. The lowest BCUT2D eigenvalue weighted by Crippen LogP contribution is -2.39. The Morgan fingerprint density at radius 3 is 2.26 bits per heavy atom. The zero-order valence-electron chi connectivity index (χ0n) is 15.8. The normalized spacial score (nSPS) is 13.0. The third kappa shape index (κ3) is 4.42. The molecule has 2 amide bonds. The molecule has 0 N–H and O–H groups in total. The van der Waals surface area contributed by atoms with Gasteiger partial charge in [-0.3, -0.25) is 14.4 Å². The van der Waals surface area contributed by atoms with Crippen LogP contribution in [0.5, 0.6) is 0 Å². The molecular formula is C22H24N2O3. The van der Waals surface area contributed by atoms with Crippen LogP contribution in [0.3, 0.4) is 0 Å². The van der Waals surface area contributed by atoms with Crippen molar-refractivity contribution >= 4 is 23.3 Å². The fraction of sp³-hybridized carbons (Fsp3) is 0.318. The predicted molar refractivity (Wildman–Crippen MR) is 105 cm³/mol. The van der Waals surface area contributed by atoms with E-state index in [2.05, 4.69) is 12.1 Å². The second-order valence-corrected chi connectivity index (χ2v) is 6.86. The first kappa shape index (κ1) is 18.8. The monoisotopic (exact) mass is 364 g/mol. The average molecular weight is 364 g/mol. The summed E-state index contributed by atoms with van der Waals surface area (Å²) in [5.41, 5.74) is 3.80. The Hall–Kier alpha value is -2.95. The van der Waals surface area contributed by atoms with Crippen molar-refractivity contribution < 1.29 is 14.4 Å². The van der Waals surface area contributed by atoms with Crippen LogP contribution in [0.2, 0.25) is 0 Å². The molecule has 0 saturated carbocycles. The number of amides is 2. The highest BCUT2D eigenvalue weighted by atomic mass is 16.2. The minimum Gasteiger partial charge on any atom is -0.338 e. The fourth-order valence-corrected chi connectivity index (χ4v) is 3.42. The van der Waals surface area contributed by atoms with E-state index in [0.717, 1.165) is 6.42 Å². The van der Waals surface area contributed by atoms with E-state index in [1.165, 1.54) is 25.0 Å². The van der Waals surface area contributed by atoms with E-state index in [9.17, 15) is 14.4 Å². The van der Waals surface area contributed by atoms with Gasteiger partial charge in [0.25, 0.3) is 0 Å². The second-order valence-electron chi connectivity index (χ2n) is 6.86. The highest BCUT2D eigenvalue weighted by Crippen LogP contribution is 2.20. The third-order valence-corrected chi connectivity index (χ3v) is 5.00. The van der Waals surface area contributed by atoms with Gasteiger partial charge in [0.2, 0.25) is 11.8 Å². The van der Waals surface area contributed by atoms with Gasteiger partial charge in [0.1, 0.15) is 0 Å². The predicted octanol–water partition coefficient (Wildman–Crippen LogP) is 3.22.